The van der Waals surface area contributed by atoms with Crippen molar-refractivity contribution in [1.82, 2.24) is 15.5 Å². The number of amides is 2. The van der Waals surface area contributed by atoms with Crippen LogP contribution in [0.4, 0.5) is 0 Å². The van der Waals surface area contributed by atoms with Gasteiger partial charge in [-0.1, -0.05) is 12.1 Å². The third-order valence-electron chi connectivity index (χ3n) is 6.04. The second kappa shape index (κ2) is 8.95. The number of rotatable bonds is 7. The van der Waals surface area contributed by atoms with E-state index in [2.05, 4.69) is 10.6 Å². The summed E-state index contributed by atoms with van der Waals surface area (Å²) in [6.07, 6.45) is 6.45. The van der Waals surface area contributed by atoms with E-state index < -0.39 is 0 Å². The molecule has 4 rings (SSSR count). The zero-order chi connectivity index (χ0) is 19.3. The van der Waals surface area contributed by atoms with E-state index in [0.717, 1.165) is 38.8 Å². The van der Waals surface area contributed by atoms with E-state index >= 15 is 0 Å². The fraction of sp³-hybridized carbons (Fsp3) is 0.636. The number of para-hydroxylation sites is 1. The van der Waals surface area contributed by atoms with E-state index in [1.807, 2.05) is 29.2 Å². The quantitative estimate of drug-likeness (QED) is 0.755. The van der Waals surface area contributed by atoms with Crippen molar-refractivity contribution in [2.24, 2.45) is 11.8 Å². The topological polar surface area (TPSA) is 70.7 Å². The fourth-order valence-electron chi connectivity index (χ4n) is 4.12. The Kier molecular flexibility index (Phi) is 6.15. The third-order valence-corrected chi connectivity index (χ3v) is 6.04. The number of carbonyl (C=O) groups is 2. The lowest BCUT2D eigenvalue weighted by Gasteiger charge is -2.33. The lowest BCUT2D eigenvalue weighted by molar-refractivity contribution is -0.123. The first-order chi connectivity index (χ1) is 13.7. The monoisotopic (exact) mass is 385 g/mol. The fourth-order valence-corrected chi connectivity index (χ4v) is 4.12. The van der Waals surface area contributed by atoms with Gasteiger partial charge < -0.3 is 20.3 Å². The zero-order valence-electron chi connectivity index (χ0n) is 16.5. The molecule has 6 heteroatoms. The van der Waals surface area contributed by atoms with E-state index in [1.54, 1.807) is 0 Å². The molecule has 2 heterocycles. The van der Waals surface area contributed by atoms with E-state index in [4.69, 9.17) is 4.74 Å². The Hall–Kier alpha value is -2.08. The Morgan fingerprint density at radius 3 is 2.75 bits per heavy atom. The Bertz CT molecular complexity index is 698. The van der Waals surface area contributed by atoms with Crippen molar-refractivity contribution >= 4 is 11.8 Å². The summed E-state index contributed by atoms with van der Waals surface area (Å²) < 4.78 is 5.92. The average Bonchev–Trinajstić information content (AvgIpc) is 3.40. The molecule has 2 unspecified atom stereocenters. The third kappa shape index (κ3) is 4.85. The molecule has 6 nitrogen and oxygen atoms in total. The van der Waals surface area contributed by atoms with Crippen LogP contribution >= 0.6 is 0 Å². The van der Waals surface area contributed by atoms with Gasteiger partial charge in [-0.05, 0) is 69.0 Å². The second-order valence-electron chi connectivity index (χ2n) is 8.40. The molecule has 1 aromatic carbocycles. The molecular weight excluding hydrogens is 354 g/mol. The first-order valence-electron chi connectivity index (χ1n) is 10.7. The molecule has 2 N–H and O–H groups in total. The van der Waals surface area contributed by atoms with E-state index in [1.165, 1.54) is 12.8 Å². The van der Waals surface area contributed by atoms with Crippen LogP contribution < -0.4 is 15.4 Å². The maximum absolute atomic E-state index is 13.1. The normalized spacial score (nSPS) is 24.8. The molecule has 2 amide bonds. The zero-order valence-corrected chi connectivity index (χ0v) is 16.5. The Morgan fingerprint density at radius 1 is 1.11 bits per heavy atom. The van der Waals surface area contributed by atoms with Crippen molar-refractivity contribution in [3.63, 3.8) is 0 Å². The van der Waals surface area contributed by atoms with Gasteiger partial charge in [-0.25, -0.2) is 0 Å². The molecule has 0 aromatic heterocycles. The second-order valence-corrected chi connectivity index (χ2v) is 8.40. The van der Waals surface area contributed by atoms with Crippen LogP contribution in [0.25, 0.3) is 0 Å². The standard InChI is InChI=1S/C22H31N3O3/c26-21(19-7-3-11-23-19)24-13-17-5-4-12-25(14-17)22(27)18-6-1-2-8-20(18)28-15-16-9-10-16/h1-2,6,8,16-17,19,23H,3-5,7,9-15H2,(H,24,26). The Morgan fingerprint density at radius 2 is 1.96 bits per heavy atom. The van der Waals surface area contributed by atoms with Crippen molar-refractivity contribution < 1.29 is 14.3 Å². The van der Waals surface area contributed by atoms with Gasteiger partial charge in [-0.3, -0.25) is 9.59 Å². The van der Waals surface area contributed by atoms with Crippen LogP contribution in [0.3, 0.4) is 0 Å². The van der Waals surface area contributed by atoms with Gasteiger partial charge in [-0.2, -0.15) is 0 Å². The highest BCUT2D eigenvalue weighted by Gasteiger charge is 2.28. The summed E-state index contributed by atoms with van der Waals surface area (Å²) in [5.74, 6) is 1.80. The van der Waals surface area contributed by atoms with Gasteiger partial charge in [0.05, 0.1) is 18.2 Å². The van der Waals surface area contributed by atoms with E-state index in [-0.39, 0.29) is 17.9 Å². The van der Waals surface area contributed by atoms with Gasteiger partial charge in [0.2, 0.25) is 5.91 Å². The predicted molar refractivity (Wildman–Crippen MR) is 107 cm³/mol. The molecule has 0 radical (unpaired) electrons. The Labute approximate surface area is 167 Å². The van der Waals surface area contributed by atoms with Crippen LogP contribution in [0.2, 0.25) is 0 Å². The first kappa shape index (κ1) is 19.2. The van der Waals surface area contributed by atoms with Gasteiger partial charge in [0.1, 0.15) is 5.75 Å². The first-order valence-corrected chi connectivity index (χ1v) is 10.7. The molecule has 2 saturated heterocycles. The van der Waals surface area contributed by atoms with Gasteiger partial charge in [-0.15, -0.1) is 0 Å². The Balaban J connectivity index is 1.32. The molecule has 1 saturated carbocycles. The lowest BCUT2D eigenvalue weighted by atomic mass is 9.97. The van der Waals surface area contributed by atoms with Crippen molar-refractivity contribution in [2.45, 2.75) is 44.6 Å². The van der Waals surface area contributed by atoms with Crippen LogP contribution in [0.15, 0.2) is 24.3 Å². The van der Waals surface area contributed by atoms with E-state index in [9.17, 15) is 9.59 Å². The van der Waals surface area contributed by atoms with Gasteiger partial charge in [0.15, 0.2) is 0 Å². The summed E-state index contributed by atoms with van der Waals surface area (Å²) in [6.45, 7) is 3.72. The number of hydrogen-bond donors (Lipinski definition) is 2. The number of nitrogens with zero attached hydrogens (tertiary/aromatic N) is 1. The predicted octanol–water partition coefficient (Wildman–Crippen LogP) is 2.20. The highest BCUT2D eigenvalue weighted by Crippen LogP contribution is 2.31. The van der Waals surface area contributed by atoms with Gasteiger partial charge >= 0.3 is 0 Å². The summed E-state index contributed by atoms with van der Waals surface area (Å²) in [5, 5.41) is 6.31. The molecule has 28 heavy (non-hydrogen) atoms. The van der Waals surface area contributed by atoms with Crippen LogP contribution in [0.5, 0.6) is 5.75 Å². The summed E-state index contributed by atoms with van der Waals surface area (Å²) in [4.78, 5) is 27.3. The minimum absolute atomic E-state index is 0.0416. The van der Waals surface area contributed by atoms with Crippen molar-refractivity contribution in [3.05, 3.63) is 29.8 Å². The van der Waals surface area contributed by atoms with Crippen LogP contribution in [-0.4, -0.2) is 55.5 Å². The van der Waals surface area contributed by atoms with Crippen LogP contribution in [0, 0.1) is 11.8 Å². The number of piperidine rings is 1. The van der Waals surface area contributed by atoms with Gasteiger partial charge in [0, 0.05) is 19.6 Å². The van der Waals surface area contributed by atoms with Crippen LogP contribution in [-0.2, 0) is 4.79 Å². The molecule has 0 bridgehead atoms. The molecule has 1 aromatic rings. The minimum Gasteiger partial charge on any atom is -0.492 e. The molecular formula is C22H31N3O3. The molecule has 2 aliphatic heterocycles. The van der Waals surface area contributed by atoms with E-state index in [0.29, 0.717) is 42.8 Å². The summed E-state index contributed by atoms with van der Waals surface area (Å²) in [6, 6.07) is 7.53. The van der Waals surface area contributed by atoms with Crippen molar-refractivity contribution in [1.29, 1.82) is 0 Å². The van der Waals surface area contributed by atoms with Crippen LogP contribution in [0.1, 0.15) is 48.9 Å². The molecule has 0 spiro atoms. The molecule has 152 valence electrons. The SMILES string of the molecule is O=C(NCC1CCCN(C(=O)c2ccccc2OCC2CC2)C1)C1CCCN1. The molecule has 3 aliphatic rings. The number of nitrogens with one attached hydrogen (secondary N) is 2. The molecule has 3 fully saturated rings. The summed E-state index contributed by atoms with van der Waals surface area (Å²) >= 11 is 0. The lowest BCUT2D eigenvalue weighted by Crippen LogP contribution is -2.46. The maximum Gasteiger partial charge on any atom is 0.257 e. The highest BCUT2D eigenvalue weighted by molar-refractivity contribution is 5.97. The molecule has 2 atom stereocenters. The smallest absolute Gasteiger partial charge is 0.257 e. The number of benzene rings is 1. The highest BCUT2D eigenvalue weighted by atomic mass is 16.5. The number of ether oxygens (including phenoxy) is 1. The largest absolute Gasteiger partial charge is 0.492 e. The number of carbonyl (C=O) groups excluding carboxylic acids is 2. The summed E-state index contributed by atoms with van der Waals surface area (Å²) in [5.41, 5.74) is 0.656. The summed E-state index contributed by atoms with van der Waals surface area (Å²) in [7, 11) is 0. The number of likely N-dealkylation sites (tertiary alicyclic amines) is 1. The molecule has 1 aliphatic carbocycles. The average molecular weight is 386 g/mol. The van der Waals surface area contributed by atoms with Crippen molar-refractivity contribution in [3.8, 4) is 5.75 Å². The van der Waals surface area contributed by atoms with Gasteiger partial charge in [0.25, 0.3) is 5.91 Å². The number of hydrogen-bond acceptors (Lipinski definition) is 4. The van der Waals surface area contributed by atoms with Crippen molar-refractivity contribution in [2.75, 3.05) is 32.8 Å². The minimum atomic E-state index is -0.0446. The maximum atomic E-state index is 13.1.